The minimum atomic E-state index is -4.01. The lowest BCUT2D eigenvalue weighted by molar-refractivity contribution is 0.293. The van der Waals surface area contributed by atoms with Gasteiger partial charge in [0.2, 0.25) is 10.0 Å². The van der Waals surface area contributed by atoms with Crippen LogP contribution in [0.3, 0.4) is 0 Å². The number of fused-ring (bicyclic) bond motifs is 1. The van der Waals surface area contributed by atoms with Crippen molar-refractivity contribution in [3.05, 3.63) is 89.8 Å². The van der Waals surface area contributed by atoms with E-state index < -0.39 is 27.7 Å². The number of hydrogen-bond donors (Lipinski definition) is 0. The molecule has 1 unspecified atom stereocenters. The van der Waals surface area contributed by atoms with Crippen molar-refractivity contribution in [3.63, 3.8) is 0 Å². The van der Waals surface area contributed by atoms with Gasteiger partial charge < -0.3 is 4.57 Å². The molecule has 3 aromatic rings. The van der Waals surface area contributed by atoms with Gasteiger partial charge in [0.25, 0.3) is 0 Å². The Morgan fingerprint density at radius 1 is 0.923 bits per heavy atom. The van der Waals surface area contributed by atoms with Gasteiger partial charge in [0.05, 0.1) is 10.9 Å². The van der Waals surface area contributed by atoms with Gasteiger partial charge in [-0.05, 0) is 36.4 Å². The standard InChI is InChI=1S/C19H16F2N2O2S/c20-14-5-3-6-15(13-14)26(24,25)23-12-11-22-10-4-9-18(22)19(23)16-7-1-2-8-17(16)21/h1-10,13,19H,11-12H2. The van der Waals surface area contributed by atoms with Crippen molar-refractivity contribution in [2.75, 3.05) is 6.54 Å². The fraction of sp³-hybridized carbons (Fsp3) is 0.158. The molecule has 1 aromatic heterocycles. The summed E-state index contributed by atoms with van der Waals surface area (Å²) in [5, 5.41) is 0. The molecule has 1 aliphatic rings. The third-order valence-corrected chi connectivity index (χ3v) is 6.46. The van der Waals surface area contributed by atoms with Gasteiger partial charge >= 0.3 is 0 Å². The zero-order valence-corrected chi connectivity index (χ0v) is 14.5. The Hall–Kier alpha value is -2.51. The van der Waals surface area contributed by atoms with Crippen LogP contribution in [-0.2, 0) is 16.6 Å². The molecular formula is C19H16F2N2O2S. The number of benzene rings is 2. The Kier molecular flexibility index (Phi) is 4.13. The highest BCUT2D eigenvalue weighted by molar-refractivity contribution is 7.89. The molecule has 0 saturated heterocycles. The summed E-state index contributed by atoms with van der Waals surface area (Å²) in [6.45, 7) is 0.612. The van der Waals surface area contributed by atoms with E-state index in [0.29, 0.717) is 12.2 Å². The molecule has 0 radical (unpaired) electrons. The average Bonchev–Trinajstić information content (AvgIpc) is 3.10. The molecule has 0 amide bonds. The van der Waals surface area contributed by atoms with E-state index in [-0.39, 0.29) is 17.0 Å². The molecule has 7 heteroatoms. The quantitative estimate of drug-likeness (QED) is 0.704. The van der Waals surface area contributed by atoms with Crippen LogP contribution < -0.4 is 0 Å². The zero-order valence-electron chi connectivity index (χ0n) is 13.7. The highest BCUT2D eigenvalue weighted by Crippen LogP contribution is 2.37. The van der Waals surface area contributed by atoms with Crippen LogP contribution in [0.5, 0.6) is 0 Å². The minimum Gasteiger partial charge on any atom is -0.348 e. The lowest BCUT2D eigenvalue weighted by Gasteiger charge is -2.36. The Balaban J connectivity index is 1.89. The van der Waals surface area contributed by atoms with Gasteiger partial charge in [-0.2, -0.15) is 4.31 Å². The molecule has 4 rings (SSSR count). The summed E-state index contributed by atoms with van der Waals surface area (Å²) >= 11 is 0. The van der Waals surface area contributed by atoms with Crippen molar-refractivity contribution >= 4 is 10.0 Å². The van der Waals surface area contributed by atoms with Crippen LogP contribution in [0.2, 0.25) is 0 Å². The number of sulfonamides is 1. The fourth-order valence-corrected chi connectivity index (χ4v) is 5.00. The Labute approximate surface area is 150 Å². The first kappa shape index (κ1) is 16.9. The fourth-order valence-electron chi connectivity index (χ4n) is 3.40. The summed E-state index contributed by atoms with van der Waals surface area (Å²) in [5.74, 6) is -1.11. The van der Waals surface area contributed by atoms with E-state index in [1.165, 1.54) is 28.6 Å². The molecule has 0 aliphatic carbocycles. The van der Waals surface area contributed by atoms with Gasteiger partial charge in [-0.15, -0.1) is 0 Å². The maximum atomic E-state index is 14.5. The van der Waals surface area contributed by atoms with Crippen molar-refractivity contribution in [3.8, 4) is 0 Å². The average molecular weight is 374 g/mol. The number of halogens is 2. The predicted octanol–water partition coefficient (Wildman–Crippen LogP) is 3.56. The largest absolute Gasteiger partial charge is 0.348 e. The van der Waals surface area contributed by atoms with Gasteiger partial charge in [0.1, 0.15) is 11.6 Å². The summed E-state index contributed by atoms with van der Waals surface area (Å²) in [7, 11) is -4.01. The van der Waals surface area contributed by atoms with E-state index in [9.17, 15) is 17.2 Å². The van der Waals surface area contributed by atoms with E-state index in [0.717, 1.165) is 6.07 Å². The SMILES string of the molecule is O=S(=O)(c1cccc(F)c1)N1CCn2cccc2C1c1ccccc1F. The summed E-state index contributed by atoms with van der Waals surface area (Å²) in [6.07, 6.45) is 1.84. The summed E-state index contributed by atoms with van der Waals surface area (Å²) in [6, 6.07) is 13.8. The van der Waals surface area contributed by atoms with E-state index in [4.69, 9.17) is 0 Å². The second-order valence-electron chi connectivity index (χ2n) is 6.12. The Morgan fingerprint density at radius 3 is 2.50 bits per heavy atom. The van der Waals surface area contributed by atoms with Crippen LogP contribution in [0.1, 0.15) is 17.3 Å². The second-order valence-corrected chi connectivity index (χ2v) is 8.01. The number of hydrogen-bond acceptors (Lipinski definition) is 2. The molecule has 0 N–H and O–H groups in total. The molecule has 0 saturated carbocycles. The molecule has 26 heavy (non-hydrogen) atoms. The molecule has 1 atom stereocenters. The molecule has 0 bridgehead atoms. The predicted molar refractivity (Wildman–Crippen MR) is 93.0 cm³/mol. The van der Waals surface area contributed by atoms with Crippen molar-refractivity contribution < 1.29 is 17.2 Å². The Morgan fingerprint density at radius 2 is 1.73 bits per heavy atom. The van der Waals surface area contributed by atoms with Crippen molar-refractivity contribution in [2.24, 2.45) is 0 Å². The molecule has 0 spiro atoms. The summed E-state index contributed by atoms with van der Waals surface area (Å²) in [4.78, 5) is -0.140. The highest BCUT2D eigenvalue weighted by Gasteiger charge is 2.38. The topological polar surface area (TPSA) is 42.3 Å². The van der Waals surface area contributed by atoms with E-state index in [2.05, 4.69) is 0 Å². The van der Waals surface area contributed by atoms with E-state index >= 15 is 0 Å². The lowest BCUT2D eigenvalue weighted by Crippen LogP contribution is -2.42. The minimum absolute atomic E-state index is 0.140. The van der Waals surface area contributed by atoms with Crippen LogP contribution in [0.25, 0.3) is 0 Å². The van der Waals surface area contributed by atoms with Gasteiger partial charge in [-0.1, -0.05) is 24.3 Å². The van der Waals surface area contributed by atoms with Crippen molar-refractivity contribution in [1.82, 2.24) is 8.87 Å². The summed E-state index contributed by atoms with van der Waals surface area (Å²) in [5.41, 5.74) is 0.952. The molecular weight excluding hydrogens is 358 g/mol. The molecule has 0 fully saturated rings. The van der Waals surface area contributed by atoms with Crippen LogP contribution in [0.15, 0.2) is 71.8 Å². The monoisotopic (exact) mass is 374 g/mol. The molecule has 2 heterocycles. The van der Waals surface area contributed by atoms with E-state index in [1.54, 1.807) is 24.3 Å². The Bertz CT molecular complexity index is 1060. The number of aromatic nitrogens is 1. The van der Waals surface area contributed by atoms with E-state index in [1.807, 2.05) is 16.8 Å². The maximum Gasteiger partial charge on any atom is 0.244 e. The number of nitrogens with zero attached hydrogens (tertiary/aromatic N) is 2. The first-order valence-corrected chi connectivity index (χ1v) is 9.59. The normalized spacial score (nSPS) is 17.8. The zero-order chi connectivity index (χ0) is 18.3. The first-order valence-electron chi connectivity index (χ1n) is 8.15. The van der Waals surface area contributed by atoms with Crippen molar-refractivity contribution in [1.29, 1.82) is 0 Å². The molecule has 1 aliphatic heterocycles. The highest BCUT2D eigenvalue weighted by atomic mass is 32.2. The van der Waals surface area contributed by atoms with Crippen LogP contribution in [0, 0.1) is 11.6 Å². The second kappa shape index (κ2) is 6.34. The maximum absolute atomic E-state index is 14.5. The third-order valence-electron chi connectivity index (χ3n) is 4.60. The smallest absolute Gasteiger partial charge is 0.244 e. The summed E-state index contributed by atoms with van der Waals surface area (Å²) < 4.78 is 57.6. The third kappa shape index (κ3) is 2.73. The number of rotatable bonds is 3. The first-order chi connectivity index (χ1) is 12.5. The van der Waals surface area contributed by atoms with Crippen LogP contribution in [0.4, 0.5) is 8.78 Å². The van der Waals surface area contributed by atoms with Crippen molar-refractivity contribution in [2.45, 2.75) is 17.5 Å². The van der Waals surface area contributed by atoms with Gasteiger partial charge in [0.15, 0.2) is 0 Å². The lowest BCUT2D eigenvalue weighted by atomic mass is 10.0. The molecule has 134 valence electrons. The van der Waals surface area contributed by atoms with Gasteiger partial charge in [-0.25, -0.2) is 17.2 Å². The molecule has 4 nitrogen and oxygen atoms in total. The van der Waals surface area contributed by atoms with Gasteiger partial charge in [0, 0.05) is 30.5 Å². The van der Waals surface area contributed by atoms with Crippen LogP contribution in [-0.4, -0.2) is 23.8 Å². The van der Waals surface area contributed by atoms with Gasteiger partial charge in [-0.3, -0.25) is 0 Å². The van der Waals surface area contributed by atoms with Crippen LogP contribution >= 0.6 is 0 Å². The molecule has 2 aromatic carbocycles.